The zero-order chi connectivity index (χ0) is 4.99. The molecule has 0 fully saturated rings. The lowest BCUT2D eigenvalue weighted by Crippen LogP contribution is -2.00. The minimum absolute atomic E-state index is 1.75. The van der Waals surface area contributed by atoms with Gasteiger partial charge in [-0.25, -0.2) is 0 Å². The molecule has 0 amide bonds. The Morgan fingerprint density at radius 1 is 1.50 bits per heavy atom. The first kappa shape index (κ1) is 5.47. The summed E-state index contributed by atoms with van der Waals surface area (Å²) in [6, 6.07) is 0. The van der Waals surface area contributed by atoms with Gasteiger partial charge >= 0.3 is 0 Å². The van der Waals surface area contributed by atoms with Crippen LogP contribution in [0.4, 0.5) is 0 Å². The molecule has 0 heterocycles. The van der Waals surface area contributed by atoms with E-state index in [9.17, 15) is 0 Å². The number of hydrogen-bond donors (Lipinski definition) is 0. The van der Waals surface area contributed by atoms with Crippen LogP contribution in [0.2, 0.25) is 0 Å². The monoisotopic (exact) mass is 86.1 g/mol. The predicted octanol–water partition coefficient (Wildman–Crippen LogP) is 0.554. The molecule has 0 aliphatic rings. The Balaban J connectivity index is 3.03. The molecule has 0 unspecified atom stereocenters. The Kier molecular flexibility index (Phi) is 2.46. The molecular weight excluding hydrogens is 76.1 g/mol. The van der Waals surface area contributed by atoms with Crippen molar-refractivity contribution in [1.82, 2.24) is 5.01 Å². The Morgan fingerprint density at radius 2 is 2.00 bits per heavy atom. The largest absolute Gasteiger partial charge is 0.304 e. The molecule has 0 N–H and O–H groups in total. The van der Waals surface area contributed by atoms with Crippen LogP contribution in [0, 0.1) is 0 Å². The molecule has 0 rings (SSSR count). The van der Waals surface area contributed by atoms with E-state index in [1.807, 2.05) is 21.0 Å². The van der Waals surface area contributed by atoms with Gasteiger partial charge in [0.15, 0.2) is 0 Å². The van der Waals surface area contributed by atoms with Gasteiger partial charge in [-0.15, -0.1) is 0 Å². The van der Waals surface area contributed by atoms with Crippen molar-refractivity contribution >= 4 is 6.21 Å². The lowest BCUT2D eigenvalue weighted by Gasteiger charge is -1.98. The van der Waals surface area contributed by atoms with Crippen LogP contribution in [-0.2, 0) is 0 Å². The fraction of sp³-hybridized carbons (Fsp3) is 0.750. The van der Waals surface area contributed by atoms with E-state index < -0.39 is 0 Å². The first-order chi connectivity index (χ1) is 2.77. The van der Waals surface area contributed by atoms with Gasteiger partial charge in [0.05, 0.1) is 0 Å². The van der Waals surface area contributed by atoms with Crippen molar-refractivity contribution in [3.05, 3.63) is 0 Å². The number of hydrazone groups is 1. The fourth-order valence-electron chi connectivity index (χ4n) is 0.231. The van der Waals surface area contributed by atoms with Crippen LogP contribution >= 0.6 is 0 Å². The van der Waals surface area contributed by atoms with Gasteiger partial charge in [0, 0.05) is 20.3 Å². The van der Waals surface area contributed by atoms with Crippen molar-refractivity contribution in [2.24, 2.45) is 5.10 Å². The third-order valence-electron chi connectivity index (χ3n) is 0.346. The number of hydrogen-bond acceptors (Lipinski definition) is 2. The average molecular weight is 86.1 g/mol. The van der Waals surface area contributed by atoms with Crippen LogP contribution in [0.1, 0.15) is 6.92 Å². The van der Waals surface area contributed by atoms with E-state index in [1.165, 1.54) is 0 Å². The summed E-state index contributed by atoms with van der Waals surface area (Å²) in [5, 5.41) is 5.58. The second kappa shape index (κ2) is 2.69. The van der Waals surface area contributed by atoms with E-state index in [2.05, 4.69) is 5.10 Å². The first-order valence-electron chi connectivity index (χ1n) is 1.93. The average Bonchev–Trinajstić information content (AvgIpc) is 1.35. The van der Waals surface area contributed by atoms with E-state index >= 15 is 0 Å². The smallest absolute Gasteiger partial charge is 0.0244 e. The van der Waals surface area contributed by atoms with Crippen molar-refractivity contribution in [3.8, 4) is 0 Å². The minimum Gasteiger partial charge on any atom is -0.304 e. The lowest BCUT2D eigenvalue weighted by molar-refractivity contribution is 0.440. The van der Waals surface area contributed by atoms with Gasteiger partial charge in [-0.05, 0) is 6.92 Å². The third kappa shape index (κ3) is 3.47. The fourth-order valence-corrected chi connectivity index (χ4v) is 0.231. The third-order valence-corrected chi connectivity index (χ3v) is 0.346. The van der Waals surface area contributed by atoms with Crippen molar-refractivity contribution in [3.63, 3.8) is 0 Å². The Labute approximate surface area is 38.5 Å². The van der Waals surface area contributed by atoms with Crippen LogP contribution in [0.5, 0.6) is 0 Å². The van der Waals surface area contributed by atoms with Crippen molar-refractivity contribution in [2.45, 2.75) is 6.92 Å². The quantitative estimate of drug-likeness (QED) is 0.336. The van der Waals surface area contributed by atoms with Crippen molar-refractivity contribution in [1.29, 1.82) is 0 Å². The molecule has 6 heavy (non-hydrogen) atoms. The maximum atomic E-state index is 3.83. The molecule has 0 saturated heterocycles. The molecule has 0 aromatic carbocycles. The molecule has 2 heteroatoms. The van der Waals surface area contributed by atoms with E-state index in [1.54, 1.807) is 11.2 Å². The summed E-state index contributed by atoms with van der Waals surface area (Å²) in [4.78, 5) is 0. The van der Waals surface area contributed by atoms with Gasteiger partial charge in [0.25, 0.3) is 0 Å². The van der Waals surface area contributed by atoms with Crippen LogP contribution in [0.25, 0.3) is 0 Å². The molecule has 0 aromatic rings. The highest BCUT2D eigenvalue weighted by atomic mass is 15.4. The summed E-state index contributed by atoms with van der Waals surface area (Å²) in [5.74, 6) is 0. The van der Waals surface area contributed by atoms with Gasteiger partial charge in [-0.1, -0.05) is 0 Å². The molecule has 36 valence electrons. The Bertz CT molecular complexity index is 47.5. The molecule has 0 atom stereocenters. The summed E-state index contributed by atoms with van der Waals surface area (Å²) in [6.07, 6.45) is 1.75. The highest BCUT2D eigenvalue weighted by Gasteiger charge is 1.66. The molecule has 0 radical (unpaired) electrons. The summed E-state index contributed by atoms with van der Waals surface area (Å²) in [6.45, 7) is 1.89. The van der Waals surface area contributed by atoms with Gasteiger partial charge in [-0.3, -0.25) is 0 Å². The second-order valence-corrected chi connectivity index (χ2v) is 1.22. The molecule has 0 aliphatic heterocycles. The predicted molar refractivity (Wildman–Crippen MR) is 27.9 cm³/mol. The maximum absolute atomic E-state index is 3.83. The summed E-state index contributed by atoms with van der Waals surface area (Å²) in [7, 11) is 3.78. The van der Waals surface area contributed by atoms with Gasteiger partial charge < -0.3 is 5.01 Å². The highest BCUT2D eigenvalue weighted by Crippen LogP contribution is 1.67. The van der Waals surface area contributed by atoms with E-state index in [-0.39, 0.29) is 0 Å². The molecule has 0 bridgehead atoms. The number of rotatable bonds is 1. The van der Waals surface area contributed by atoms with Gasteiger partial charge in [-0.2, -0.15) is 5.10 Å². The molecule has 0 aromatic heterocycles. The van der Waals surface area contributed by atoms with Crippen LogP contribution < -0.4 is 0 Å². The van der Waals surface area contributed by atoms with Crippen molar-refractivity contribution in [2.75, 3.05) is 14.1 Å². The molecular formula is C4H10N2. The molecule has 0 saturated carbocycles. The van der Waals surface area contributed by atoms with Crippen LogP contribution in [0.3, 0.4) is 0 Å². The van der Waals surface area contributed by atoms with E-state index in [0.29, 0.717) is 0 Å². The van der Waals surface area contributed by atoms with Crippen LogP contribution in [0.15, 0.2) is 5.10 Å². The van der Waals surface area contributed by atoms with Crippen LogP contribution in [-0.4, -0.2) is 25.3 Å². The summed E-state index contributed by atoms with van der Waals surface area (Å²) >= 11 is 0. The standard InChI is InChI=1S/C4H10N2/c1-4-5-6(2)3/h4H,1-3H3. The Morgan fingerprint density at radius 3 is 2.00 bits per heavy atom. The van der Waals surface area contributed by atoms with Gasteiger partial charge in [0.1, 0.15) is 0 Å². The van der Waals surface area contributed by atoms with Crippen molar-refractivity contribution < 1.29 is 0 Å². The summed E-state index contributed by atoms with van der Waals surface area (Å²) < 4.78 is 0. The zero-order valence-electron chi connectivity index (χ0n) is 4.47. The Hall–Kier alpha value is -0.530. The highest BCUT2D eigenvalue weighted by molar-refractivity contribution is 5.52. The van der Waals surface area contributed by atoms with E-state index in [4.69, 9.17) is 0 Å². The topological polar surface area (TPSA) is 15.6 Å². The first-order valence-corrected chi connectivity index (χ1v) is 1.93. The van der Waals surface area contributed by atoms with Gasteiger partial charge in [0.2, 0.25) is 0 Å². The number of nitrogens with zero attached hydrogens (tertiary/aromatic N) is 2. The molecule has 0 aliphatic carbocycles. The summed E-state index contributed by atoms with van der Waals surface area (Å²) in [5.41, 5.74) is 0. The van der Waals surface area contributed by atoms with E-state index in [0.717, 1.165) is 0 Å². The lowest BCUT2D eigenvalue weighted by atomic mass is 10.9. The SMILES string of the molecule is CC=NN(C)C. The molecule has 2 nitrogen and oxygen atoms in total. The zero-order valence-corrected chi connectivity index (χ0v) is 4.47. The second-order valence-electron chi connectivity index (χ2n) is 1.22. The molecule has 0 spiro atoms. The normalized spacial score (nSPS) is 9.83. The minimum atomic E-state index is 1.75. The maximum Gasteiger partial charge on any atom is 0.0244 e.